The third-order valence-electron chi connectivity index (χ3n) is 3.69. The van der Waals surface area contributed by atoms with Gasteiger partial charge in [-0.25, -0.2) is 0 Å². The monoisotopic (exact) mass is 449 g/mol. The van der Waals surface area contributed by atoms with Crippen LogP contribution < -0.4 is 16.2 Å². The van der Waals surface area contributed by atoms with Gasteiger partial charge in [0.1, 0.15) is 6.04 Å². The number of benzene rings is 2. The summed E-state index contributed by atoms with van der Waals surface area (Å²) in [6.07, 6.45) is 2.36. The average Bonchev–Trinajstić information content (AvgIpc) is 2.69. The van der Waals surface area contributed by atoms with Gasteiger partial charge in [0.25, 0.3) is 17.7 Å². The van der Waals surface area contributed by atoms with E-state index in [9.17, 15) is 14.4 Å². The van der Waals surface area contributed by atoms with Crippen LogP contribution >= 0.6 is 27.7 Å². The minimum Gasteiger partial charge on any atom is -0.340 e. The lowest BCUT2D eigenvalue weighted by Gasteiger charge is -2.18. The van der Waals surface area contributed by atoms with Crippen molar-refractivity contribution >= 4 is 45.4 Å². The molecule has 3 N–H and O–H groups in total. The minimum absolute atomic E-state index is 0.339. The Hall–Kier alpha value is -2.32. The van der Waals surface area contributed by atoms with Crippen LogP contribution in [-0.4, -0.2) is 35.8 Å². The Morgan fingerprint density at radius 2 is 1.63 bits per heavy atom. The molecule has 2 aromatic rings. The zero-order valence-corrected chi connectivity index (χ0v) is 17.1. The molecule has 27 heavy (non-hydrogen) atoms. The SMILES string of the molecule is CSCCC(NC(=O)c1ccccc1)C(=O)NNC(=O)c1ccccc1Br. The Bertz CT molecular complexity index is 802. The quantitative estimate of drug-likeness (QED) is 0.567. The normalized spacial score (nSPS) is 11.3. The summed E-state index contributed by atoms with van der Waals surface area (Å²) in [5, 5.41) is 2.72. The van der Waals surface area contributed by atoms with Crippen LogP contribution in [0.4, 0.5) is 0 Å². The highest BCUT2D eigenvalue weighted by Gasteiger charge is 2.22. The molecule has 0 saturated heterocycles. The van der Waals surface area contributed by atoms with Crippen LogP contribution in [0.15, 0.2) is 59.1 Å². The average molecular weight is 450 g/mol. The highest BCUT2D eigenvalue weighted by molar-refractivity contribution is 9.10. The van der Waals surface area contributed by atoms with Gasteiger partial charge < -0.3 is 5.32 Å². The summed E-state index contributed by atoms with van der Waals surface area (Å²) in [5.74, 6) is -0.581. The van der Waals surface area contributed by atoms with Gasteiger partial charge in [-0.3, -0.25) is 25.2 Å². The number of thioether (sulfide) groups is 1. The van der Waals surface area contributed by atoms with Gasteiger partial charge in [0.05, 0.1) is 5.56 Å². The van der Waals surface area contributed by atoms with Crippen LogP contribution in [0.1, 0.15) is 27.1 Å². The van der Waals surface area contributed by atoms with Crippen LogP contribution in [0.25, 0.3) is 0 Å². The second-order valence-electron chi connectivity index (χ2n) is 5.60. The molecule has 3 amide bonds. The summed E-state index contributed by atoms with van der Waals surface area (Å²) >= 11 is 4.86. The third-order valence-corrected chi connectivity index (χ3v) is 5.02. The van der Waals surface area contributed by atoms with Crippen molar-refractivity contribution in [3.05, 3.63) is 70.2 Å². The van der Waals surface area contributed by atoms with Crippen molar-refractivity contribution in [2.24, 2.45) is 0 Å². The van der Waals surface area contributed by atoms with Gasteiger partial charge in [0.15, 0.2) is 0 Å². The Morgan fingerprint density at radius 3 is 2.30 bits per heavy atom. The maximum atomic E-state index is 12.5. The second kappa shape index (κ2) is 10.7. The molecular formula is C19H20BrN3O3S. The highest BCUT2D eigenvalue weighted by Crippen LogP contribution is 2.15. The van der Waals surface area contributed by atoms with Crippen LogP contribution in [0.3, 0.4) is 0 Å². The number of hydrogen-bond donors (Lipinski definition) is 3. The van der Waals surface area contributed by atoms with Crippen LogP contribution in [0.2, 0.25) is 0 Å². The molecule has 0 saturated carbocycles. The van der Waals surface area contributed by atoms with Crippen molar-refractivity contribution in [1.29, 1.82) is 0 Å². The summed E-state index contributed by atoms with van der Waals surface area (Å²) in [4.78, 5) is 37.0. The first-order chi connectivity index (χ1) is 13.0. The molecule has 0 radical (unpaired) electrons. The lowest BCUT2D eigenvalue weighted by Crippen LogP contribution is -2.52. The Labute approximate surface area is 170 Å². The molecule has 1 unspecified atom stereocenters. The summed E-state index contributed by atoms with van der Waals surface area (Å²) in [7, 11) is 0. The molecule has 0 aromatic heterocycles. The number of carbonyl (C=O) groups excluding carboxylic acids is 3. The minimum atomic E-state index is -0.760. The fourth-order valence-corrected chi connectivity index (χ4v) is 3.19. The van der Waals surface area contributed by atoms with E-state index in [0.29, 0.717) is 27.8 Å². The van der Waals surface area contributed by atoms with Crippen LogP contribution in [0, 0.1) is 0 Å². The van der Waals surface area contributed by atoms with E-state index in [0.717, 1.165) is 0 Å². The molecule has 6 nitrogen and oxygen atoms in total. The number of hydrazine groups is 1. The largest absolute Gasteiger partial charge is 0.340 e. The van der Waals surface area contributed by atoms with Crippen molar-refractivity contribution in [3.8, 4) is 0 Å². The van der Waals surface area contributed by atoms with E-state index in [1.807, 2.05) is 12.3 Å². The first-order valence-electron chi connectivity index (χ1n) is 8.22. The van der Waals surface area contributed by atoms with Gasteiger partial charge >= 0.3 is 0 Å². The fourth-order valence-electron chi connectivity index (χ4n) is 2.25. The third kappa shape index (κ3) is 6.41. The summed E-state index contributed by atoms with van der Waals surface area (Å²) in [6.45, 7) is 0. The topological polar surface area (TPSA) is 87.3 Å². The lowest BCUT2D eigenvalue weighted by atomic mass is 10.1. The molecule has 0 bridgehead atoms. The van der Waals surface area contributed by atoms with Gasteiger partial charge in [0.2, 0.25) is 0 Å². The molecular weight excluding hydrogens is 430 g/mol. The highest BCUT2D eigenvalue weighted by atomic mass is 79.9. The van der Waals surface area contributed by atoms with Gasteiger partial charge in [-0.1, -0.05) is 30.3 Å². The van der Waals surface area contributed by atoms with E-state index in [4.69, 9.17) is 0 Å². The van der Waals surface area contributed by atoms with Crippen molar-refractivity contribution in [1.82, 2.24) is 16.2 Å². The standard InChI is InChI=1S/C19H20BrN3O3S/c1-27-12-11-16(21-17(24)13-7-3-2-4-8-13)19(26)23-22-18(25)14-9-5-6-10-15(14)20/h2-10,16H,11-12H2,1H3,(H,21,24)(H,22,25)(H,23,26). The Morgan fingerprint density at radius 1 is 0.963 bits per heavy atom. The van der Waals surface area contributed by atoms with Gasteiger partial charge in [0, 0.05) is 10.0 Å². The maximum Gasteiger partial charge on any atom is 0.270 e. The molecule has 8 heteroatoms. The van der Waals surface area contributed by atoms with E-state index < -0.39 is 17.9 Å². The first kappa shape index (κ1) is 21.0. The second-order valence-corrected chi connectivity index (χ2v) is 7.44. The molecule has 0 heterocycles. The van der Waals surface area contributed by atoms with Gasteiger partial charge in [-0.2, -0.15) is 11.8 Å². The Balaban J connectivity index is 1.98. The molecule has 1 atom stereocenters. The number of hydrogen-bond acceptors (Lipinski definition) is 4. The lowest BCUT2D eigenvalue weighted by molar-refractivity contribution is -0.123. The number of nitrogens with one attached hydrogen (secondary N) is 3. The van der Waals surface area contributed by atoms with Crippen LogP contribution in [0.5, 0.6) is 0 Å². The predicted octanol–water partition coefficient (Wildman–Crippen LogP) is 2.76. The van der Waals surface area contributed by atoms with E-state index >= 15 is 0 Å². The van der Waals surface area contributed by atoms with Crippen molar-refractivity contribution < 1.29 is 14.4 Å². The number of carbonyl (C=O) groups is 3. The van der Waals surface area contributed by atoms with Gasteiger partial charge in [-0.15, -0.1) is 0 Å². The number of amides is 3. The van der Waals surface area contributed by atoms with E-state index in [1.54, 1.807) is 60.3 Å². The zero-order chi connectivity index (χ0) is 19.6. The zero-order valence-electron chi connectivity index (χ0n) is 14.7. The number of halogens is 1. The molecule has 2 rings (SSSR count). The molecule has 2 aromatic carbocycles. The van der Waals surface area contributed by atoms with Crippen molar-refractivity contribution in [2.45, 2.75) is 12.5 Å². The molecule has 0 aliphatic rings. The Kier molecular flexibility index (Phi) is 8.35. The number of rotatable bonds is 7. The van der Waals surface area contributed by atoms with Crippen molar-refractivity contribution in [3.63, 3.8) is 0 Å². The van der Waals surface area contributed by atoms with E-state index in [1.165, 1.54) is 0 Å². The predicted molar refractivity (Wildman–Crippen MR) is 110 cm³/mol. The molecule has 0 aliphatic carbocycles. The summed E-state index contributed by atoms with van der Waals surface area (Å²) in [5.41, 5.74) is 5.64. The summed E-state index contributed by atoms with van der Waals surface area (Å²) in [6, 6.07) is 14.8. The maximum absolute atomic E-state index is 12.5. The van der Waals surface area contributed by atoms with Gasteiger partial charge in [-0.05, 0) is 58.6 Å². The van der Waals surface area contributed by atoms with E-state index in [-0.39, 0.29) is 5.91 Å². The molecule has 0 fully saturated rings. The molecule has 0 spiro atoms. The first-order valence-corrected chi connectivity index (χ1v) is 10.4. The summed E-state index contributed by atoms with van der Waals surface area (Å²) < 4.78 is 0.619. The fraction of sp³-hybridized carbons (Fsp3) is 0.211. The molecule has 0 aliphatic heterocycles. The smallest absolute Gasteiger partial charge is 0.270 e. The molecule has 142 valence electrons. The van der Waals surface area contributed by atoms with E-state index in [2.05, 4.69) is 32.1 Å². The van der Waals surface area contributed by atoms with Crippen molar-refractivity contribution in [2.75, 3.05) is 12.0 Å². The van der Waals surface area contributed by atoms with Crippen LogP contribution in [-0.2, 0) is 4.79 Å².